The van der Waals surface area contributed by atoms with E-state index >= 15 is 0 Å². The van der Waals surface area contributed by atoms with Crippen LogP contribution in [0.25, 0.3) is 22.2 Å². The van der Waals surface area contributed by atoms with Gasteiger partial charge in [0, 0.05) is 29.6 Å². The van der Waals surface area contributed by atoms with Crippen LogP contribution in [-0.2, 0) is 28.9 Å². The van der Waals surface area contributed by atoms with Crippen molar-refractivity contribution in [3.63, 3.8) is 0 Å². The van der Waals surface area contributed by atoms with Crippen LogP contribution in [0.4, 0.5) is 26.3 Å². The van der Waals surface area contributed by atoms with Crippen molar-refractivity contribution in [2.75, 3.05) is 6.61 Å². The smallest absolute Gasteiger partial charge is 0.489 e. The Hall–Kier alpha value is -4.22. The number of carbonyl (C=O) groups is 1. The zero-order chi connectivity index (χ0) is 27.5. The Morgan fingerprint density at radius 3 is 2.32 bits per heavy atom. The summed E-state index contributed by atoms with van der Waals surface area (Å²) >= 11 is 0. The Morgan fingerprint density at radius 2 is 1.66 bits per heavy atom. The van der Waals surface area contributed by atoms with E-state index in [1.54, 1.807) is 42.0 Å². The number of nitrogens with zero attached hydrogens (tertiary/aromatic N) is 2. The summed E-state index contributed by atoms with van der Waals surface area (Å²) in [5, 5.41) is 0.801. The molecule has 4 aromatic rings. The maximum absolute atomic E-state index is 13.8. The van der Waals surface area contributed by atoms with E-state index in [9.17, 15) is 31.1 Å². The molecule has 2 aromatic heterocycles. The van der Waals surface area contributed by atoms with Crippen molar-refractivity contribution in [3.05, 3.63) is 78.1 Å². The highest BCUT2D eigenvalue weighted by Gasteiger charge is 2.34. The topological polar surface area (TPSA) is 62.6 Å². The standard InChI is InChI=1S/C26H20F6N2O4/c1-2-36-24(35)14-34-10-9-17-5-8-20(11-23(17)34)37-15-18-13-33-22(12-21(18)25(27,28)29)16-3-6-19(7-4-16)38-26(30,31)32/h3-13H,2,14-15H2,1H3. The van der Waals surface area contributed by atoms with E-state index in [0.717, 1.165) is 29.8 Å². The fourth-order valence-electron chi connectivity index (χ4n) is 3.75. The monoisotopic (exact) mass is 538 g/mol. The molecule has 12 heteroatoms. The first-order chi connectivity index (χ1) is 17.9. The van der Waals surface area contributed by atoms with Gasteiger partial charge >= 0.3 is 18.5 Å². The van der Waals surface area contributed by atoms with Gasteiger partial charge in [0.15, 0.2) is 0 Å². The van der Waals surface area contributed by atoms with E-state index in [0.29, 0.717) is 5.52 Å². The van der Waals surface area contributed by atoms with Crippen molar-refractivity contribution in [1.29, 1.82) is 0 Å². The summed E-state index contributed by atoms with van der Waals surface area (Å²) < 4.78 is 94.6. The minimum absolute atomic E-state index is 0.0340. The minimum atomic E-state index is -4.89. The second-order valence-electron chi connectivity index (χ2n) is 8.05. The van der Waals surface area contributed by atoms with Crippen molar-refractivity contribution in [3.8, 4) is 22.8 Å². The third-order valence-electron chi connectivity index (χ3n) is 5.42. The van der Waals surface area contributed by atoms with Crippen LogP contribution in [-0.4, -0.2) is 28.5 Å². The Balaban J connectivity index is 1.55. The molecule has 0 amide bonds. The molecule has 0 N–H and O–H groups in total. The van der Waals surface area contributed by atoms with Crippen LogP contribution in [0.5, 0.6) is 11.5 Å². The Morgan fingerprint density at radius 1 is 0.947 bits per heavy atom. The van der Waals surface area contributed by atoms with Gasteiger partial charge in [-0.3, -0.25) is 9.78 Å². The molecule has 0 bridgehead atoms. The molecule has 38 heavy (non-hydrogen) atoms. The van der Waals surface area contributed by atoms with Gasteiger partial charge in [-0.05, 0) is 60.8 Å². The van der Waals surface area contributed by atoms with Gasteiger partial charge in [0.25, 0.3) is 0 Å². The highest BCUT2D eigenvalue weighted by Crippen LogP contribution is 2.35. The van der Waals surface area contributed by atoms with Crippen LogP contribution in [0.15, 0.2) is 67.0 Å². The summed E-state index contributed by atoms with van der Waals surface area (Å²) in [7, 11) is 0. The lowest BCUT2D eigenvalue weighted by Crippen LogP contribution is -2.17. The Bertz CT molecular complexity index is 1430. The van der Waals surface area contributed by atoms with Crippen LogP contribution in [0.3, 0.4) is 0 Å². The zero-order valence-corrected chi connectivity index (χ0v) is 19.8. The molecular weight excluding hydrogens is 518 g/mol. The highest BCUT2D eigenvalue weighted by atomic mass is 19.4. The molecule has 0 aliphatic carbocycles. The molecule has 0 fully saturated rings. The largest absolute Gasteiger partial charge is 0.573 e. The lowest BCUT2D eigenvalue weighted by atomic mass is 10.0. The fourth-order valence-corrected chi connectivity index (χ4v) is 3.75. The van der Waals surface area contributed by atoms with Crippen molar-refractivity contribution in [2.45, 2.75) is 32.6 Å². The number of halogens is 6. The van der Waals surface area contributed by atoms with Crippen LogP contribution >= 0.6 is 0 Å². The number of alkyl halides is 6. The molecule has 0 saturated carbocycles. The summed E-state index contributed by atoms with van der Waals surface area (Å²) in [5.41, 5.74) is -0.508. The molecule has 0 aliphatic heterocycles. The van der Waals surface area contributed by atoms with Gasteiger partial charge in [-0.25, -0.2) is 0 Å². The number of pyridine rings is 1. The molecule has 2 aromatic carbocycles. The zero-order valence-electron chi connectivity index (χ0n) is 19.8. The van der Waals surface area contributed by atoms with Crippen molar-refractivity contribution in [1.82, 2.24) is 9.55 Å². The van der Waals surface area contributed by atoms with Gasteiger partial charge in [-0.15, -0.1) is 13.2 Å². The van der Waals surface area contributed by atoms with E-state index in [-0.39, 0.29) is 35.7 Å². The van der Waals surface area contributed by atoms with E-state index in [1.807, 2.05) is 0 Å². The number of esters is 1. The number of hydrogen-bond donors (Lipinski definition) is 0. The van der Waals surface area contributed by atoms with Gasteiger partial charge in [0.1, 0.15) is 24.7 Å². The summed E-state index contributed by atoms with van der Waals surface area (Å²) in [5.74, 6) is -0.661. The maximum atomic E-state index is 13.8. The van der Waals surface area contributed by atoms with E-state index in [1.165, 1.54) is 12.1 Å². The minimum Gasteiger partial charge on any atom is -0.489 e. The van der Waals surface area contributed by atoms with Gasteiger partial charge in [-0.1, -0.05) is 0 Å². The molecule has 200 valence electrons. The van der Waals surface area contributed by atoms with Gasteiger partial charge in [-0.2, -0.15) is 13.2 Å². The molecule has 0 radical (unpaired) electrons. The number of aromatic nitrogens is 2. The number of hydrogen-bond acceptors (Lipinski definition) is 5. The molecular formula is C26H20F6N2O4. The number of rotatable bonds is 8. The summed E-state index contributed by atoms with van der Waals surface area (Å²) in [6, 6.07) is 11.8. The van der Waals surface area contributed by atoms with Crippen molar-refractivity contribution >= 4 is 16.9 Å². The predicted octanol–water partition coefficient (Wildman–Crippen LogP) is 6.76. The highest BCUT2D eigenvalue weighted by molar-refractivity contribution is 5.83. The van der Waals surface area contributed by atoms with E-state index in [2.05, 4.69) is 9.72 Å². The normalized spacial score (nSPS) is 12.0. The fraction of sp³-hybridized carbons (Fsp3) is 0.231. The second-order valence-corrected chi connectivity index (χ2v) is 8.05. The SMILES string of the molecule is CCOC(=O)Cn1ccc2ccc(OCc3cnc(-c4ccc(OC(F)(F)F)cc4)cc3C(F)(F)F)cc21. The van der Waals surface area contributed by atoms with Gasteiger partial charge < -0.3 is 18.8 Å². The third kappa shape index (κ3) is 6.55. The molecule has 6 nitrogen and oxygen atoms in total. The molecule has 0 spiro atoms. The molecule has 0 atom stereocenters. The third-order valence-corrected chi connectivity index (χ3v) is 5.42. The maximum Gasteiger partial charge on any atom is 0.573 e. The van der Waals surface area contributed by atoms with Crippen LogP contribution in [0.1, 0.15) is 18.1 Å². The predicted molar refractivity (Wildman–Crippen MR) is 124 cm³/mol. The molecule has 4 rings (SSSR count). The quantitative estimate of drug-likeness (QED) is 0.183. The lowest BCUT2D eigenvalue weighted by Gasteiger charge is -2.15. The average molecular weight is 538 g/mol. The van der Waals surface area contributed by atoms with Crippen LogP contribution < -0.4 is 9.47 Å². The summed E-state index contributed by atoms with van der Waals surface area (Å²) in [6.45, 7) is 1.44. The number of ether oxygens (including phenoxy) is 3. The lowest BCUT2D eigenvalue weighted by molar-refractivity contribution is -0.274. The first-order valence-electron chi connectivity index (χ1n) is 11.2. The van der Waals surface area contributed by atoms with E-state index in [4.69, 9.17) is 9.47 Å². The number of fused-ring (bicyclic) bond motifs is 1. The van der Waals surface area contributed by atoms with E-state index < -0.39 is 36.4 Å². The van der Waals surface area contributed by atoms with Crippen molar-refractivity contribution < 1.29 is 45.3 Å². The molecule has 0 unspecified atom stereocenters. The number of benzene rings is 2. The van der Waals surface area contributed by atoms with Gasteiger partial charge in [0.05, 0.1) is 23.4 Å². The summed E-state index contributed by atoms with van der Waals surface area (Å²) in [6.07, 6.45) is -6.93. The first kappa shape index (κ1) is 26.8. The summed E-state index contributed by atoms with van der Waals surface area (Å²) in [4.78, 5) is 15.9. The van der Waals surface area contributed by atoms with Crippen LogP contribution in [0, 0.1) is 0 Å². The molecule has 0 aliphatic rings. The van der Waals surface area contributed by atoms with Gasteiger partial charge in [0.2, 0.25) is 0 Å². The Labute approximate surface area is 212 Å². The Kier molecular flexibility index (Phi) is 7.51. The second kappa shape index (κ2) is 10.6. The van der Waals surface area contributed by atoms with Crippen molar-refractivity contribution in [2.24, 2.45) is 0 Å². The average Bonchev–Trinajstić information content (AvgIpc) is 3.23. The first-order valence-corrected chi connectivity index (χ1v) is 11.2. The van der Waals surface area contributed by atoms with Crippen LogP contribution in [0.2, 0.25) is 0 Å². The molecule has 0 saturated heterocycles. The number of carbonyl (C=O) groups excluding carboxylic acids is 1. The molecule has 2 heterocycles.